The molecule has 2 aromatic heterocycles. The van der Waals surface area contributed by atoms with Gasteiger partial charge >= 0.3 is 0 Å². The fourth-order valence-electron chi connectivity index (χ4n) is 4.71. The number of imidazole rings is 2. The van der Waals surface area contributed by atoms with Crippen LogP contribution in [0.4, 0.5) is 0 Å². The summed E-state index contributed by atoms with van der Waals surface area (Å²) < 4.78 is 9.65. The van der Waals surface area contributed by atoms with Crippen molar-refractivity contribution in [3.05, 3.63) is 24.8 Å². The van der Waals surface area contributed by atoms with Gasteiger partial charge in [0.25, 0.3) is 0 Å². The van der Waals surface area contributed by atoms with E-state index in [1.165, 1.54) is 32.1 Å². The maximum atomic E-state index is 5.20. The fraction of sp³-hybridized carbons (Fsp3) is 0.667. The molecule has 0 saturated heterocycles. The van der Waals surface area contributed by atoms with Gasteiger partial charge in [0, 0.05) is 45.0 Å². The quantitative estimate of drug-likeness (QED) is 0.822. The van der Waals surface area contributed by atoms with E-state index in [1.54, 1.807) is 7.11 Å². The molecule has 2 fully saturated rings. The molecule has 5 heteroatoms. The zero-order valence-corrected chi connectivity index (χ0v) is 13.9. The van der Waals surface area contributed by atoms with E-state index < -0.39 is 0 Å². The van der Waals surface area contributed by atoms with Gasteiger partial charge in [-0.25, -0.2) is 9.97 Å². The molecule has 0 unspecified atom stereocenters. The van der Waals surface area contributed by atoms with Gasteiger partial charge in [0.15, 0.2) is 11.6 Å². The first kappa shape index (κ1) is 14.9. The lowest BCUT2D eigenvalue weighted by atomic mass is 9.92. The molecule has 2 aromatic rings. The molecule has 2 aliphatic carbocycles. The van der Waals surface area contributed by atoms with E-state index in [0.29, 0.717) is 6.61 Å². The number of methoxy groups -OCH3 is 1. The van der Waals surface area contributed by atoms with Crippen LogP contribution < -0.4 is 0 Å². The lowest BCUT2D eigenvalue weighted by molar-refractivity contribution is 0.187. The summed E-state index contributed by atoms with van der Waals surface area (Å²) in [6.45, 7) is 2.59. The van der Waals surface area contributed by atoms with Crippen LogP contribution in [0.1, 0.15) is 32.1 Å². The molecule has 2 aliphatic rings. The normalized spacial score (nSPS) is 26.7. The van der Waals surface area contributed by atoms with Crippen LogP contribution in [-0.2, 0) is 17.8 Å². The first-order valence-electron chi connectivity index (χ1n) is 8.88. The predicted octanol–water partition coefficient (Wildman–Crippen LogP) is 3.22. The van der Waals surface area contributed by atoms with Crippen LogP contribution in [-0.4, -0.2) is 32.8 Å². The molecule has 2 saturated carbocycles. The number of nitrogens with zero attached hydrogens (tertiary/aromatic N) is 4. The van der Waals surface area contributed by atoms with Gasteiger partial charge in [-0.15, -0.1) is 0 Å². The molecule has 3 atom stereocenters. The first-order valence-corrected chi connectivity index (χ1v) is 8.88. The minimum atomic E-state index is 0.691. The summed E-state index contributed by atoms with van der Waals surface area (Å²) in [5, 5.41) is 0. The van der Waals surface area contributed by atoms with Gasteiger partial charge in [-0.1, -0.05) is 12.8 Å². The highest BCUT2D eigenvalue weighted by molar-refractivity contribution is 5.44. The Hall–Kier alpha value is -1.62. The summed E-state index contributed by atoms with van der Waals surface area (Å²) in [4.78, 5) is 9.13. The van der Waals surface area contributed by atoms with E-state index in [1.807, 2.05) is 18.6 Å². The van der Waals surface area contributed by atoms with E-state index in [2.05, 4.69) is 25.3 Å². The van der Waals surface area contributed by atoms with Crippen LogP contribution in [0.25, 0.3) is 11.6 Å². The van der Waals surface area contributed by atoms with Gasteiger partial charge < -0.3 is 13.9 Å². The second-order valence-electron chi connectivity index (χ2n) is 7.03. The third-order valence-corrected chi connectivity index (χ3v) is 5.83. The summed E-state index contributed by atoms with van der Waals surface area (Å²) >= 11 is 0. The number of aromatic nitrogens is 4. The second-order valence-corrected chi connectivity index (χ2v) is 7.03. The van der Waals surface area contributed by atoms with Crippen LogP contribution in [0.2, 0.25) is 0 Å². The topological polar surface area (TPSA) is 44.9 Å². The van der Waals surface area contributed by atoms with Crippen molar-refractivity contribution in [1.82, 2.24) is 19.1 Å². The van der Waals surface area contributed by atoms with E-state index in [0.717, 1.165) is 42.5 Å². The van der Waals surface area contributed by atoms with Crippen LogP contribution in [0.5, 0.6) is 0 Å². The smallest absolute Gasteiger partial charge is 0.176 e. The Bertz CT molecular complexity index is 647. The molecule has 5 nitrogen and oxygen atoms in total. The molecule has 0 aromatic carbocycles. The van der Waals surface area contributed by atoms with E-state index in [-0.39, 0.29) is 0 Å². The van der Waals surface area contributed by atoms with Crippen molar-refractivity contribution in [3.8, 4) is 11.6 Å². The van der Waals surface area contributed by atoms with Crippen molar-refractivity contribution in [1.29, 1.82) is 0 Å². The zero-order valence-electron chi connectivity index (χ0n) is 13.9. The Labute approximate surface area is 137 Å². The van der Waals surface area contributed by atoms with E-state index in [4.69, 9.17) is 4.74 Å². The Morgan fingerprint density at radius 2 is 1.83 bits per heavy atom. The maximum absolute atomic E-state index is 5.20. The molecule has 0 spiro atoms. The number of hydrogen-bond donors (Lipinski definition) is 0. The van der Waals surface area contributed by atoms with Gasteiger partial charge in [-0.2, -0.15) is 0 Å². The van der Waals surface area contributed by atoms with Crippen molar-refractivity contribution in [3.63, 3.8) is 0 Å². The van der Waals surface area contributed by atoms with Gasteiger partial charge in [-0.3, -0.25) is 0 Å². The van der Waals surface area contributed by atoms with E-state index >= 15 is 0 Å². The van der Waals surface area contributed by atoms with Crippen LogP contribution >= 0.6 is 0 Å². The first-order chi connectivity index (χ1) is 11.4. The fourth-order valence-corrected chi connectivity index (χ4v) is 4.71. The lowest BCUT2D eigenvalue weighted by Crippen LogP contribution is -2.17. The molecule has 2 heterocycles. The van der Waals surface area contributed by atoms with Gasteiger partial charge in [-0.05, 0) is 37.0 Å². The molecule has 0 aliphatic heterocycles. The predicted molar refractivity (Wildman–Crippen MR) is 88.9 cm³/mol. The highest BCUT2D eigenvalue weighted by Crippen LogP contribution is 2.48. The number of fused-ring (bicyclic) bond motifs is 1. The average molecular weight is 314 g/mol. The number of ether oxygens (including phenoxy) is 1. The monoisotopic (exact) mass is 314 g/mol. The second kappa shape index (κ2) is 6.48. The average Bonchev–Trinajstić information content (AvgIpc) is 3.31. The molecule has 4 rings (SSSR count). The number of hydrogen-bond acceptors (Lipinski definition) is 3. The van der Waals surface area contributed by atoms with Gasteiger partial charge in [0.2, 0.25) is 0 Å². The Morgan fingerprint density at radius 1 is 1.04 bits per heavy atom. The van der Waals surface area contributed by atoms with Crippen molar-refractivity contribution in [2.75, 3.05) is 13.7 Å². The van der Waals surface area contributed by atoms with Crippen molar-refractivity contribution >= 4 is 0 Å². The molecule has 23 heavy (non-hydrogen) atoms. The Kier molecular flexibility index (Phi) is 4.21. The summed E-state index contributed by atoms with van der Waals surface area (Å²) in [5.74, 6) is 4.70. The summed E-state index contributed by atoms with van der Waals surface area (Å²) in [5.41, 5.74) is 0. The standard InChI is InChI=1S/C18H26N4O/c1-23-12-11-21-9-7-19-17(21)18-20-8-10-22(18)13-15-6-5-14-3-2-4-16(14)15/h7-10,14-16H,2-6,11-13H2,1H3/t14-,15+,16-/m1/s1. The third kappa shape index (κ3) is 2.82. The summed E-state index contributed by atoms with van der Waals surface area (Å²) in [6.07, 6.45) is 15.0. The summed E-state index contributed by atoms with van der Waals surface area (Å²) in [6, 6.07) is 0. The molecule has 0 radical (unpaired) electrons. The van der Waals surface area contributed by atoms with Crippen LogP contribution in [0.15, 0.2) is 24.8 Å². The molecule has 124 valence electrons. The maximum Gasteiger partial charge on any atom is 0.176 e. The van der Waals surface area contributed by atoms with Crippen molar-refractivity contribution < 1.29 is 4.74 Å². The largest absolute Gasteiger partial charge is 0.383 e. The lowest BCUT2D eigenvalue weighted by Gasteiger charge is -2.20. The highest BCUT2D eigenvalue weighted by atomic mass is 16.5. The van der Waals surface area contributed by atoms with Crippen LogP contribution in [0.3, 0.4) is 0 Å². The van der Waals surface area contributed by atoms with Crippen LogP contribution in [0, 0.1) is 17.8 Å². The van der Waals surface area contributed by atoms with Crippen molar-refractivity contribution in [2.45, 2.75) is 45.2 Å². The number of rotatable bonds is 6. The molecular formula is C18H26N4O. The molecule has 0 N–H and O–H groups in total. The van der Waals surface area contributed by atoms with Gasteiger partial charge in [0.05, 0.1) is 6.61 Å². The molecular weight excluding hydrogens is 288 g/mol. The van der Waals surface area contributed by atoms with Crippen molar-refractivity contribution in [2.24, 2.45) is 17.8 Å². The molecule has 0 bridgehead atoms. The minimum Gasteiger partial charge on any atom is -0.383 e. The molecule has 0 amide bonds. The zero-order chi connectivity index (χ0) is 15.6. The van der Waals surface area contributed by atoms with Gasteiger partial charge in [0.1, 0.15) is 0 Å². The Morgan fingerprint density at radius 3 is 2.65 bits per heavy atom. The van der Waals surface area contributed by atoms with E-state index in [9.17, 15) is 0 Å². The third-order valence-electron chi connectivity index (χ3n) is 5.83. The summed E-state index contributed by atoms with van der Waals surface area (Å²) in [7, 11) is 1.73. The Balaban J connectivity index is 1.53. The highest BCUT2D eigenvalue weighted by Gasteiger charge is 2.39. The SMILES string of the molecule is COCCn1ccnc1-c1nccn1C[C@@H]1CC[C@H]2CCC[C@H]21. The minimum absolute atomic E-state index is 0.691.